The lowest BCUT2D eigenvalue weighted by Crippen LogP contribution is -2.52. The molecule has 7 heteroatoms. The fraction of sp³-hybridized carbons (Fsp3) is 0.900. The van der Waals surface area contributed by atoms with Crippen LogP contribution in [0.5, 0.6) is 0 Å². The molecule has 1 aliphatic heterocycles. The number of unbranched alkanes of at least 4 members (excludes halogenated alkanes) is 1. The van der Waals surface area contributed by atoms with E-state index in [9.17, 15) is 13.2 Å². The number of carboxylic acid groups (broad SMARTS) is 1. The Balaban J connectivity index is 2.90. The predicted octanol–water partition coefficient (Wildman–Crippen LogP) is 0.512. The van der Waals surface area contributed by atoms with E-state index in [2.05, 4.69) is 0 Å². The quantitative estimate of drug-likeness (QED) is 0.785. The van der Waals surface area contributed by atoms with E-state index in [1.807, 2.05) is 6.92 Å². The first-order valence-electron chi connectivity index (χ1n) is 5.76. The van der Waals surface area contributed by atoms with Crippen molar-refractivity contribution in [3.05, 3.63) is 0 Å². The minimum absolute atomic E-state index is 0.241. The van der Waals surface area contributed by atoms with Gasteiger partial charge < -0.3 is 5.11 Å². The van der Waals surface area contributed by atoms with Gasteiger partial charge in [0, 0.05) is 19.6 Å². The van der Waals surface area contributed by atoms with Crippen molar-refractivity contribution in [1.82, 2.24) is 8.61 Å². The summed E-state index contributed by atoms with van der Waals surface area (Å²) >= 11 is 0. The van der Waals surface area contributed by atoms with Crippen LogP contribution in [0.15, 0.2) is 0 Å². The van der Waals surface area contributed by atoms with Gasteiger partial charge in [0.2, 0.25) is 0 Å². The number of carboxylic acids is 1. The highest BCUT2D eigenvalue weighted by Gasteiger charge is 2.48. The van der Waals surface area contributed by atoms with E-state index in [0.717, 1.165) is 17.1 Å². The average Bonchev–Trinajstić information content (AvgIpc) is 2.50. The van der Waals surface area contributed by atoms with Crippen molar-refractivity contribution in [1.29, 1.82) is 0 Å². The zero-order chi connectivity index (χ0) is 13.3. The maximum Gasteiger partial charge on any atom is 0.324 e. The lowest BCUT2D eigenvalue weighted by molar-refractivity contribution is -0.146. The molecule has 0 radical (unpaired) electrons. The van der Waals surface area contributed by atoms with Gasteiger partial charge in [0.1, 0.15) is 5.54 Å². The first kappa shape index (κ1) is 14.4. The summed E-state index contributed by atoms with van der Waals surface area (Å²) in [7, 11) is -3.62. The van der Waals surface area contributed by atoms with Crippen LogP contribution in [-0.2, 0) is 15.0 Å². The molecule has 0 bridgehead atoms. The summed E-state index contributed by atoms with van der Waals surface area (Å²) in [5.74, 6) is -1.13. The third kappa shape index (κ3) is 2.61. The summed E-state index contributed by atoms with van der Waals surface area (Å²) < 4.78 is 26.7. The van der Waals surface area contributed by atoms with Crippen molar-refractivity contribution in [2.45, 2.75) is 39.2 Å². The van der Waals surface area contributed by atoms with Crippen molar-refractivity contribution in [3.8, 4) is 0 Å². The molecule has 0 amide bonds. The molecule has 0 aromatic carbocycles. The molecule has 1 heterocycles. The topological polar surface area (TPSA) is 77.9 Å². The smallest absolute Gasteiger partial charge is 0.324 e. The Labute approximate surface area is 102 Å². The Bertz CT molecular complexity index is 391. The van der Waals surface area contributed by atoms with Gasteiger partial charge in [-0.15, -0.1) is 0 Å². The molecular formula is C10H20N2O4S. The van der Waals surface area contributed by atoms with Crippen LogP contribution in [-0.4, -0.2) is 53.3 Å². The van der Waals surface area contributed by atoms with E-state index in [0.29, 0.717) is 13.1 Å². The highest BCUT2D eigenvalue weighted by molar-refractivity contribution is 7.87. The molecule has 1 fully saturated rings. The third-order valence-corrected chi connectivity index (χ3v) is 5.28. The zero-order valence-corrected chi connectivity index (χ0v) is 11.3. The van der Waals surface area contributed by atoms with Gasteiger partial charge in [-0.05, 0) is 20.3 Å². The normalized spacial score (nSPS) is 21.8. The number of hydrogen-bond acceptors (Lipinski definition) is 3. The van der Waals surface area contributed by atoms with Gasteiger partial charge in [0.25, 0.3) is 10.2 Å². The van der Waals surface area contributed by atoms with Gasteiger partial charge in [0.15, 0.2) is 0 Å². The zero-order valence-electron chi connectivity index (χ0n) is 10.5. The minimum Gasteiger partial charge on any atom is -0.480 e. The second kappa shape index (κ2) is 4.91. The standard InChI is InChI=1S/C10H20N2O4S/c1-4-5-6-11-7-8-12(17(11,15)16)10(2,3)9(13)14/h4-8H2,1-3H3,(H,13,14). The van der Waals surface area contributed by atoms with Crippen LogP contribution < -0.4 is 0 Å². The number of hydrogen-bond donors (Lipinski definition) is 1. The molecule has 1 aliphatic rings. The Morgan fingerprint density at radius 3 is 2.41 bits per heavy atom. The van der Waals surface area contributed by atoms with E-state index in [4.69, 9.17) is 5.11 Å². The lowest BCUT2D eigenvalue weighted by Gasteiger charge is -2.30. The summed E-state index contributed by atoms with van der Waals surface area (Å²) in [5.41, 5.74) is -1.39. The summed E-state index contributed by atoms with van der Waals surface area (Å²) in [6, 6.07) is 0. The van der Waals surface area contributed by atoms with E-state index < -0.39 is 21.7 Å². The molecule has 0 saturated carbocycles. The Morgan fingerprint density at radius 1 is 1.35 bits per heavy atom. The molecule has 100 valence electrons. The second-order valence-corrected chi connectivity index (χ2v) is 6.55. The summed E-state index contributed by atoms with van der Waals surface area (Å²) in [6.07, 6.45) is 1.70. The van der Waals surface area contributed by atoms with E-state index in [1.54, 1.807) is 0 Å². The molecule has 6 nitrogen and oxygen atoms in total. The monoisotopic (exact) mass is 264 g/mol. The number of nitrogens with zero attached hydrogens (tertiary/aromatic N) is 2. The van der Waals surface area contributed by atoms with Crippen LogP contribution in [0.4, 0.5) is 0 Å². The van der Waals surface area contributed by atoms with Gasteiger partial charge in [-0.25, -0.2) is 0 Å². The van der Waals surface area contributed by atoms with Gasteiger partial charge in [-0.2, -0.15) is 17.0 Å². The van der Waals surface area contributed by atoms with E-state index in [-0.39, 0.29) is 6.54 Å². The molecule has 0 aromatic heterocycles. The van der Waals surface area contributed by atoms with Crippen molar-refractivity contribution in [2.24, 2.45) is 0 Å². The van der Waals surface area contributed by atoms with Crippen LogP contribution in [0.3, 0.4) is 0 Å². The van der Waals surface area contributed by atoms with Crippen LogP contribution in [0.1, 0.15) is 33.6 Å². The predicted molar refractivity (Wildman–Crippen MR) is 63.8 cm³/mol. The highest BCUT2D eigenvalue weighted by atomic mass is 32.2. The van der Waals surface area contributed by atoms with Gasteiger partial charge in [-0.3, -0.25) is 4.79 Å². The Kier molecular flexibility index (Phi) is 4.16. The fourth-order valence-corrected chi connectivity index (χ4v) is 3.73. The molecule has 0 aliphatic carbocycles. The van der Waals surface area contributed by atoms with E-state index in [1.165, 1.54) is 18.2 Å². The van der Waals surface area contributed by atoms with Crippen LogP contribution in [0, 0.1) is 0 Å². The van der Waals surface area contributed by atoms with Gasteiger partial charge in [0.05, 0.1) is 0 Å². The maximum absolute atomic E-state index is 12.1. The van der Waals surface area contributed by atoms with Gasteiger partial charge in [-0.1, -0.05) is 13.3 Å². The molecule has 0 atom stereocenters. The maximum atomic E-state index is 12.1. The molecule has 17 heavy (non-hydrogen) atoms. The summed E-state index contributed by atoms with van der Waals surface area (Å²) in [4.78, 5) is 11.1. The summed E-state index contributed by atoms with van der Waals surface area (Å²) in [5, 5.41) is 9.07. The number of aliphatic carboxylic acids is 1. The molecule has 0 spiro atoms. The Hall–Kier alpha value is -0.660. The average molecular weight is 264 g/mol. The molecule has 0 unspecified atom stereocenters. The van der Waals surface area contributed by atoms with Crippen LogP contribution in [0.25, 0.3) is 0 Å². The molecule has 1 saturated heterocycles. The molecule has 1 rings (SSSR count). The largest absolute Gasteiger partial charge is 0.480 e. The van der Waals surface area contributed by atoms with E-state index >= 15 is 0 Å². The minimum atomic E-state index is -3.62. The number of rotatable bonds is 5. The van der Waals surface area contributed by atoms with Crippen molar-refractivity contribution < 1.29 is 18.3 Å². The SMILES string of the molecule is CCCCN1CCN(C(C)(C)C(=O)O)S1(=O)=O. The Morgan fingerprint density at radius 2 is 1.94 bits per heavy atom. The molecular weight excluding hydrogens is 244 g/mol. The number of carbonyl (C=O) groups is 1. The van der Waals surface area contributed by atoms with Crippen molar-refractivity contribution in [3.63, 3.8) is 0 Å². The van der Waals surface area contributed by atoms with Gasteiger partial charge >= 0.3 is 5.97 Å². The second-order valence-electron chi connectivity index (χ2n) is 4.70. The third-order valence-electron chi connectivity index (χ3n) is 3.07. The summed E-state index contributed by atoms with van der Waals surface area (Å²) in [6.45, 7) is 5.89. The fourth-order valence-electron chi connectivity index (χ4n) is 1.81. The van der Waals surface area contributed by atoms with Crippen LogP contribution >= 0.6 is 0 Å². The lowest BCUT2D eigenvalue weighted by atomic mass is 10.1. The molecule has 0 aromatic rings. The highest BCUT2D eigenvalue weighted by Crippen LogP contribution is 2.26. The van der Waals surface area contributed by atoms with Crippen molar-refractivity contribution >= 4 is 16.2 Å². The van der Waals surface area contributed by atoms with Crippen LogP contribution in [0.2, 0.25) is 0 Å². The first-order chi connectivity index (χ1) is 7.74. The molecule has 1 N–H and O–H groups in total. The van der Waals surface area contributed by atoms with Crippen molar-refractivity contribution in [2.75, 3.05) is 19.6 Å². The first-order valence-corrected chi connectivity index (χ1v) is 7.15.